The first kappa shape index (κ1) is 11.2. The molecule has 1 nitrogen and oxygen atoms in total. The molecule has 0 radical (unpaired) electrons. The lowest BCUT2D eigenvalue weighted by Gasteiger charge is -2.04. The molecule has 0 amide bonds. The number of allylic oxidation sites excluding steroid dienone is 1. The molecule has 0 atom stereocenters. The van der Waals surface area contributed by atoms with E-state index >= 15 is 0 Å². The molecule has 0 unspecified atom stereocenters. The lowest BCUT2D eigenvalue weighted by Crippen LogP contribution is -1.94. The number of ether oxygens (including phenoxy) is 1. The zero-order valence-corrected chi connectivity index (χ0v) is 9.14. The predicted octanol–water partition coefficient (Wildman–Crippen LogP) is 3.38. The Bertz CT molecular complexity index is 350. The molecular weight excluding hydrogens is 254 g/mol. The van der Waals surface area contributed by atoms with Crippen LogP contribution in [0.25, 0.3) is 6.08 Å². The van der Waals surface area contributed by atoms with Crippen molar-refractivity contribution >= 4 is 22.0 Å². The van der Waals surface area contributed by atoms with Crippen LogP contribution in [0.2, 0.25) is 0 Å². The van der Waals surface area contributed by atoms with E-state index < -0.39 is 11.6 Å². The van der Waals surface area contributed by atoms with Crippen LogP contribution < -0.4 is 4.74 Å². The summed E-state index contributed by atoms with van der Waals surface area (Å²) in [4.78, 5) is 0. The molecule has 0 saturated heterocycles. The molecular formula is C10H9BrF2O. The van der Waals surface area contributed by atoms with E-state index in [9.17, 15) is 8.78 Å². The fourth-order valence-electron chi connectivity index (χ4n) is 1.00. The Morgan fingerprint density at radius 1 is 1.36 bits per heavy atom. The number of alkyl halides is 1. The van der Waals surface area contributed by atoms with Gasteiger partial charge in [0.25, 0.3) is 0 Å². The van der Waals surface area contributed by atoms with E-state index in [1.165, 1.54) is 25.3 Å². The van der Waals surface area contributed by atoms with Crippen LogP contribution in [-0.4, -0.2) is 12.4 Å². The maximum absolute atomic E-state index is 13.3. The van der Waals surface area contributed by atoms with Crippen molar-refractivity contribution in [1.29, 1.82) is 0 Å². The second kappa shape index (κ2) is 5.10. The Morgan fingerprint density at radius 2 is 2.07 bits per heavy atom. The van der Waals surface area contributed by atoms with E-state index in [1.54, 1.807) is 6.08 Å². The van der Waals surface area contributed by atoms with E-state index in [4.69, 9.17) is 0 Å². The summed E-state index contributed by atoms with van der Waals surface area (Å²) in [6.45, 7) is 0. The van der Waals surface area contributed by atoms with Crippen molar-refractivity contribution in [3.05, 3.63) is 35.4 Å². The van der Waals surface area contributed by atoms with Crippen LogP contribution in [0.15, 0.2) is 18.2 Å². The minimum Gasteiger partial charge on any atom is -0.494 e. The molecule has 0 fully saturated rings. The van der Waals surface area contributed by atoms with Gasteiger partial charge in [-0.15, -0.1) is 0 Å². The number of methoxy groups -OCH3 is 1. The predicted molar refractivity (Wildman–Crippen MR) is 55.7 cm³/mol. The van der Waals surface area contributed by atoms with Gasteiger partial charge in [0.15, 0.2) is 11.6 Å². The summed E-state index contributed by atoms with van der Waals surface area (Å²) >= 11 is 3.15. The minimum atomic E-state index is -0.954. The molecule has 1 aromatic rings. The van der Waals surface area contributed by atoms with Crippen LogP contribution in [0, 0.1) is 11.6 Å². The summed E-state index contributed by atoms with van der Waals surface area (Å²) in [5.41, 5.74) is 0.211. The molecule has 0 N–H and O–H groups in total. The van der Waals surface area contributed by atoms with Gasteiger partial charge >= 0.3 is 0 Å². The molecule has 0 heterocycles. The highest BCUT2D eigenvalue weighted by atomic mass is 79.9. The maximum atomic E-state index is 13.3. The van der Waals surface area contributed by atoms with Crippen LogP contribution in [-0.2, 0) is 0 Å². The van der Waals surface area contributed by atoms with E-state index in [2.05, 4.69) is 20.7 Å². The second-order valence-corrected chi connectivity index (χ2v) is 3.19. The van der Waals surface area contributed by atoms with Gasteiger partial charge in [0.05, 0.1) is 7.11 Å². The van der Waals surface area contributed by atoms with Gasteiger partial charge in [0.2, 0.25) is 5.82 Å². The molecule has 76 valence electrons. The van der Waals surface area contributed by atoms with Crippen LogP contribution in [0.4, 0.5) is 8.78 Å². The Morgan fingerprint density at radius 3 is 2.64 bits per heavy atom. The first-order chi connectivity index (χ1) is 6.70. The first-order valence-corrected chi connectivity index (χ1v) is 5.07. The van der Waals surface area contributed by atoms with Crippen LogP contribution >= 0.6 is 15.9 Å². The quantitative estimate of drug-likeness (QED) is 0.759. The van der Waals surface area contributed by atoms with E-state index in [1.807, 2.05) is 0 Å². The van der Waals surface area contributed by atoms with Crippen molar-refractivity contribution in [2.24, 2.45) is 0 Å². The summed E-state index contributed by atoms with van der Waals surface area (Å²) in [7, 11) is 1.30. The van der Waals surface area contributed by atoms with Gasteiger partial charge in [0.1, 0.15) is 0 Å². The largest absolute Gasteiger partial charge is 0.494 e. The molecule has 4 heteroatoms. The van der Waals surface area contributed by atoms with Gasteiger partial charge in [-0.1, -0.05) is 28.1 Å². The van der Waals surface area contributed by atoms with Crippen molar-refractivity contribution in [2.75, 3.05) is 12.4 Å². The normalized spacial score (nSPS) is 10.9. The number of hydrogen-bond donors (Lipinski definition) is 0. The van der Waals surface area contributed by atoms with Gasteiger partial charge in [-0.05, 0) is 12.1 Å². The first-order valence-electron chi connectivity index (χ1n) is 3.95. The molecule has 1 rings (SSSR count). The lowest BCUT2D eigenvalue weighted by molar-refractivity contribution is 0.371. The van der Waals surface area contributed by atoms with Crippen molar-refractivity contribution in [3.8, 4) is 5.75 Å². The number of benzene rings is 1. The number of halogens is 3. The Balaban J connectivity index is 3.10. The van der Waals surface area contributed by atoms with E-state index in [0.717, 1.165) is 0 Å². The third-order valence-corrected chi connectivity index (χ3v) is 2.06. The molecule has 0 saturated carbocycles. The summed E-state index contributed by atoms with van der Waals surface area (Å²) in [6, 6.07) is 2.86. The van der Waals surface area contributed by atoms with Gasteiger partial charge in [0, 0.05) is 10.9 Å². The summed E-state index contributed by atoms with van der Waals surface area (Å²) in [5, 5.41) is 0.597. The monoisotopic (exact) mass is 262 g/mol. The fraction of sp³-hybridized carbons (Fsp3) is 0.200. The lowest BCUT2D eigenvalue weighted by atomic mass is 10.2. The van der Waals surface area contributed by atoms with Crippen molar-refractivity contribution in [1.82, 2.24) is 0 Å². The topological polar surface area (TPSA) is 9.23 Å². The number of hydrogen-bond acceptors (Lipinski definition) is 1. The summed E-state index contributed by atoms with van der Waals surface area (Å²) in [6.07, 6.45) is 3.19. The third kappa shape index (κ3) is 2.32. The van der Waals surface area contributed by atoms with Crippen molar-refractivity contribution < 1.29 is 13.5 Å². The highest BCUT2D eigenvalue weighted by Crippen LogP contribution is 2.22. The van der Waals surface area contributed by atoms with Crippen LogP contribution in [0.1, 0.15) is 5.56 Å². The summed E-state index contributed by atoms with van der Waals surface area (Å²) < 4.78 is 31.0. The van der Waals surface area contributed by atoms with E-state index in [-0.39, 0.29) is 11.3 Å². The van der Waals surface area contributed by atoms with Gasteiger partial charge < -0.3 is 4.74 Å². The highest BCUT2D eigenvalue weighted by Gasteiger charge is 2.11. The Kier molecular flexibility index (Phi) is 4.07. The third-order valence-electron chi connectivity index (χ3n) is 1.68. The molecule has 0 bridgehead atoms. The van der Waals surface area contributed by atoms with Crippen LogP contribution in [0.3, 0.4) is 0 Å². The molecule has 0 aliphatic heterocycles. The van der Waals surface area contributed by atoms with Gasteiger partial charge in [-0.25, -0.2) is 4.39 Å². The van der Waals surface area contributed by atoms with Crippen molar-refractivity contribution in [2.45, 2.75) is 0 Å². The Hall–Kier alpha value is -0.900. The van der Waals surface area contributed by atoms with Crippen LogP contribution in [0.5, 0.6) is 5.75 Å². The fourth-order valence-corrected chi connectivity index (χ4v) is 1.19. The zero-order valence-electron chi connectivity index (χ0n) is 7.56. The highest BCUT2D eigenvalue weighted by molar-refractivity contribution is 9.09. The SMILES string of the molecule is COc1ccc(C=CCBr)c(F)c1F. The van der Waals surface area contributed by atoms with Gasteiger partial charge in [-0.3, -0.25) is 0 Å². The molecule has 0 aromatic heterocycles. The maximum Gasteiger partial charge on any atom is 0.201 e. The number of rotatable bonds is 3. The smallest absolute Gasteiger partial charge is 0.201 e. The standard InChI is InChI=1S/C10H9BrF2O/c1-14-8-5-4-7(3-2-6-11)9(12)10(8)13/h2-5H,6H2,1H3. The molecule has 1 aromatic carbocycles. The van der Waals surface area contributed by atoms with Crippen molar-refractivity contribution in [3.63, 3.8) is 0 Å². The van der Waals surface area contributed by atoms with Gasteiger partial charge in [-0.2, -0.15) is 4.39 Å². The minimum absolute atomic E-state index is 0.0847. The van der Waals surface area contributed by atoms with E-state index in [0.29, 0.717) is 5.33 Å². The summed E-state index contributed by atoms with van der Waals surface area (Å²) in [5.74, 6) is -1.93. The average Bonchev–Trinajstić information content (AvgIpc) is 2.20. The second-order valence-electron chi connectivity index (χ2n) is 2.54. The Labute approximate surface area is 89.5 Å². The molecule has 0 aliphatic rings. The molecule has 0 spiro atoms. The zero-order chi connectivity index (χ0) is 10.6. The molecule has 14 heavy (non-hydrogen) atoms. The average molecular weight is 263 g/mol. The molecule has 0 aliphatic carbocycles.